The van der Waals surface area contributed by atoms with E-state index in [1.807, 2.05) is 0 Å². The van der Waals surface area contributed by atoms with Gasteiger partial charge in [0.2, 0.25) is 10.0 Å². The molecule has 0 unspecified atom stereocenters. The number of rotatable bonds is 6. The quantitative estimate of drug-likeness (QED) is 0.821. The Labute approximate surface area is 126 Å². The number of anilines is 1. The first-order valence-corrected chi connectivity index (χ1v) is 8.75. The molecule has 0 spiro atoms. The summed E-state index contributed by atoms with van der Waals surface area (Å²) in [5, 5.41) is 0. The van der Waals surface area contributed by atoms with Gasteiger partial charge in [0.15, 0.2) is 0 Å². The predicted molar refractivity (Wildman–Crippen MR) is 81.9 cm³/mol. The van der Waals surface area contributed by atoms with Crippen LogP contribution in [0.4, 0.5) is 10.1 Å². The van der Waals surface area contributed by atoms with E-state index in [1.165, 1.54) is 17.3 Å². The van der Waals surface area contributed by atoms with Crippen molar-refractivity contribution in [3.8, 4) is 0 Å². The molecule has 1 saturated carbocycles. The number of nitrogens with zero attached hydrogens (tertiary/aromatic N) is 1. The third-order valence-corrected chi connectivity index (χ3v) is 5.86. The molecule has 0 aliphatic heterocycles. The normalized spacial score (nSPS) is 15.9. The number of sulfonamides is 1. The molecule has 1 fully saturated rings. The van der Waals surface area contributed by atoms with Crippen molar-refractivity contribution in [2.45, 2.75) is 51.0 Å². The van der Waals surface area contributed by atoms with Crippen LogP contribution in [0.15, 0.2) is 17.0 Å². The van der Waals surface area contributed by atoms with Crippen molar-refractivity contribution >= 4 is 15.7 Å². The number of nitrogens with two attached hydrogens (primary N) is 1. The number of hydrogen-bond acceptors (Lipinski definition) is 3. The number of benzene rings is 1. The van der Waals surface area contributed by atoms with Crippen molar-refractivity contribution in [2.75, 3.05) is 12.3 Å². The lowest BCUT2D eigenvalue weighted by Gasteiger charge is -2.24. The Morgan fingerprint density at radius 1 is 1.38 bits per heavy atom. The van der Waals surface area contributed by atoms with E-state index in [-0.39, 0.29) is 22.2 Å². The van der Waals surface area contributed by atoms with Crippen LogP contribution in [0, 0.1) is 18.7 Å². The fourth-order valence-electron chi connectivity index (χ4n) is 2.31. The second kappa shape index (κ2) is 5.93. The molecular formula is C15H23FN2O2S. The third-order valence-electron chi connectivity index (χ3n) is 3.79. The lowest BCUT2D eigenvalue weighted by atomic mass is 10.1. The maximum absolute atomic E-state index is 13.8. The monoisotopic (exact) mass is 314 g/mol. The van der Waals surface area contributed by atoms with Crippen molar-refractivity contribution in [2.24, 2.45) is 5.92 Å². The Morgan fingerprint density at radius 2 is 2.00 bits per heavy atom. The molecule has 2 N–H and O–H groups in total. The number of nitrogen functional groups attached to an aromatic ring is 1. The van der Waals surface area contributed by atoms with Crippen LogP contribution in [0.3, 0.4) is 0 Å². The zero-order chi connectivity index (χ0) is 15.8. The Hall–Kier alpha value is -1.14. The van der Waals surface area contributed by atoms with Crippen LogP contribution in [0.1, 0.15) is 38.7 Å². The average molecular weight is 314 g/mol. The van der Waals surface area contributed by atoms with Crippen molar-refractivity contribution in [1.29, 1.82) is 0 Å². The van der Waals surface area contributed by atoms with Crippen LogP contribution < -0.4 is 5.73 Å². The number of hydrogen-bond donors (Lipinski definition) is 1. The Morgan fingerprint density at radius 3 is 2.52 bits per heavy atom. The molecule has 0 bridgehead atoms. The fourth-order valence-corrected chi connectivity index (χ4v) is 4.29. The van der Waals surface area contributed by atoms with E-state index in [0.717, 1.165) is 25.3 Å². The van der Waals surface area contributed by atoms with Gasteiger partial charge >= 0.3 is 0 Å². The Kier molecular flexibility index (Phi) is 4.58. The van der Waals surface area contributed by atoms with Crippen molar-refractivity contribution < 1.29 is 12.8 Å². The highest BCUT2D eigenvalue weighted by Gasteiger charge is 2.38. The summed E-state index contributed by atoms with van der Waals surface area (Å²) in [4.78, 5) is -0.00402. The molecule has 6 heteroatoms. The summed E-state index contributed by atoms with van der Waals surface area (Å²) in [6.45, 7) is 6.07. The minimum Gasteiger partial charge on any atom is -0.399 e. The maximum atomic E-state index is 13.8. The highest BCUT2D eigenvalue weighted by Crippen LogP contribution is 2.34. The molecule has 0 amide bonds. The van der Waals surface area contributed by atoms with Gasteiger partial charge in [0, 0.05) is 23.8 Å². The first kappa shape index (κ1) is 16.2. The van der Waals surface area contributed by atoms with Gasteiger partial charge in [-0.1, -0.05) is 13.8 Å². The van der Waals surface area contributed by atoms with E-state index in [9.17, 15) is 12.8 Å². The smallest absolute Gasteiger partial charge is 0.243 e. The van der Waals surface area contributed by atoms with Gasteiger partial charge in [-0.25, -0.2) is 12.8 Å². The lowest BCUT2D eigenvalue weighted by molar-refractivity contribution is 0.373. The molecule has 21 heavy (non-hydrogen) atoms. The zero-order valence-corrected chi connectivity index (χ0v) is 13.6. The van der Waals surface area contributed by atoms with Crippen LogP contribution in [-0.2, 0) is 10.0 Å². The predicted octanol–water partition coefficient (Wildman–Crippen LogP) is 2.92. The summed E-state index contributed by atoms with van der Waals surface area (Å²) < 4.78 is 41.0. The van der Waals surface area contributed by atoms with E-state index in [4.69, 9.17) is 5.73 Å². The molecule has 1 aliphatic carbocycles. The minimum atomic E-state index is -3.70. The van der Waals surface area contributed by atoms with Crippen LogP contribution >= 0.6 is 0 Å². The molecular weight excluding hydrogens is 291 g/mol. The van der Waals surface area contributed by atoms with Gasteiger partial charge in [0.1, 0.15) is 5.82 Å². The second-order valence-corrected chi connectivity index (χ2v) is 8.01. The second-order valence-electron chi connectivity index (χ2n) is 6.16. The molecule has 0 radical (unpaired) electrons. The van der Waals surface area contributed by atoms with Crippen LogP contribution in [0.5, 0.6) is 0 Å². The Balaban J connectivity index is 2.39. The molecule has 118 valence electrons. The van der Waals surface area contributed by atoms with Gasteiger partial charge < -0.3 is 5.73 Å². The van der Waals surface area contributed by atoms with Gasteiger partial charge in [-0.05, 0) is 44.2 Å². The standard InChI is InChI=1S/C15H23FN2O2S/c1-10(2)6-7-18(13-4-5-13)21(19,20)15-9-12(17)8-14(16)11(15)3/h8-10,13H,4-7,17H2,1-3H3. The minimum absolute atomic E-state index is 0.00402. The molecule has 1 aromatic carbocycles. The molecule has 0 saturated heterocycles. The van der Waals surface area contributed by atoms with E-state index < -0.39 is 15.8 Å². The van der Waals surface area contributed by atoms with Crippen molar-refractivity contribution in [1.82, 2.24) is 4.31 Å². The van der Waals surface area contributed by atoms with Crippen LogP contribution in [-0.4, -0.2) is 25.3 Å². The molecule has 1 aromatic rings. The van der Waals surface area contributed by atoms with Crippen LogP contribution in [0.25, 0.3) is 0 Å². The lowest BCUT2D eigenvalue weighted by Crippen LogP contribution is -2.35. The van der Waals surface area contributed by atoms with Crippen molar-refractivity contribution in [3.05, 3.63) is 23.5 Å². The Bertz CT molecular complexity index is 625. The zero-order valence-electron chi connectivity index (χ0n) is 12.8. The SMILES string of the molecule is Cc1c(F)cc(N)cc1S(=O)(=O)N(CCC(C)C)C1CC1. The summed E-state index contributed by atoms with van der Waals surface area (Å²) in [6.07, 6.45) is 2.54. The number of halogens is 1. The first-order chi connectivity index (χ1) is 9.73. The molecule has 2 rings (SSSR count). The summed E-state index contributed by atoms with van der Waals surface area (Å²) in [5.41, 5.74) is 5.89. The van der Waals surface area contributed by atoms with Gasteiger partial charge in [0.25, 0.3) is 0 Å². The molecule has 4 nitrogen and oxygen atoms in total. The molecule has 0 aromatic heterocycles. The van der Waals surface area contributed by atoms with Crippen molar-refractivity contribution in [3.63, 3.8) is 0 Å². The van der Waals surface area contributed by atoms with Gasteiger partial charge in [0.05, 0.1) is 4.90 Å². The van der Waals surface area contributed by atoms with E-state index >= 15 is 0 Å². The topological polar surface area (TPSA) is 63.4 Å². The largest absolute Gasteiger partial charge is 0.399 e. The molecule has 1 aliphatic rings. The summed E-state index contributed by atoms with van der Waals surface area (Å²) >= 11 is 0. The highest BCUT2D eigenvalue weighted by atomic mass is 32.2. The highest BCUT2D eigenvalue weighted by molar-refractivity contribution is 7.89. The fraction of sp³-hybridized carbons (Fsp3) is 0.600. The van der Waals surface area contributed by atoms with Gasteiger partial charge in [-0.15, -0.1) is 0 Å². The van der Waals surface area contributed by atoms with E-state index in [0.29, 0.717) is 12.5 Å². The molecule has 0 heterocycles. The third kappa shape index (κ3) is 3.55. The maximum Gasteiger partial charge on any atom is 0.243 e. The molecule has 0 atom stereocenters. The summed E-state index contributed by atoms with van der Waals surface area (Å²) in [5.74, 6) is -0.159. The first-order valence-electron chi connectivity index (χ1n) is 7.31. The van der Waals surface area contributed by atoms with Crippen LogP contribution in [0.2, 0.25) is 0 Å². The van der Waals surface area contributed by atoms with Gasteiger partial charge in [-0.3, -0.25) is 0 Å². The average Bonchev–Trinajstić information content (AvgIpc) is 3.17. The van der Waals surface area contributed by atoms with E-state index in [2.05, 4.69) is 13.8 Å². The van der Waals surface area contributed by atoms with E-state index in [1.54, 1.807) is 0 Å². The summed E-state index contributed by atoms with van der Waals surface area (Å²) in [6, 6.07) is 2.57. The summed E-state index contributed by atoms with van der Waals surface area (Å²) in [7, 11) is -3.70. The van der Waals surface area contributed by atoms with Gasteiger partial charge in [-0.2, -0.15) is 4.31 Å².